The van der Waals surface area contributed by atoms with E-state index in [4.69, 9.17) is 4.42 Å². The van der Waals surface area contributed by atoms with Gasteiger partial charge in [-0.3, -0.25) is 0 Å². The van der Waals surface area contributed by atoms with Crippen LogP contribution >= 0.6 is 0 Å². The Morgan fingerprint density at radius 2 is 2.29 bits per heavy atom. The van der Waals surface area contributed by atoms with Gasteiger partial charge < -0.3 is 4.42 Å². The Bertz CT molecular complexity index is 719. The molecule has 1 unspecified atom stereocenters. The molecule has 0 aliphatic carbocycles. The van der Waals surface area contributed by atoms with Gasteiger partial charge in [0.25, 0.3) is 10.0 Å². The highest BCUT2D eigenvalue weighted by Crippen LogP contribution is 2.18. The fourth-order valence-corrected chi connectivity index (χ4v) is 3.55. The molecule has 1 aliphatic heterocycles. The predicted molar refractivity (Wildman–Crippen MR) is 75.2 cm³/mol. The third-order valence-electron chi connectivity index (χ3n) is 3.47. The Balaban J connectivity index is 1.75. The molecule has 1 N–H and O–H groups in total. The van der Waals surface area contributed by atoms with Gasteiger partial charge in [0.15, 0.2) is 5.82 Å². The van der Waals surface area contributed by atoms with Gasteiger partial charge in [-0.2, -0.15) is 5.10 Å². The van der Waals surface area contributed by atoms with Gasteiger partial charge in [0.1, 0.15) is 5.82 Å². The summed E-state index contributed by atoms with van der Waals surface area (Å²) in [5.41, 5.74) is 0. The van der Waals surface area contributed by atoms with Crippen LogP contribution < -0.4 is 4.72 Å². The number of rotatable bonds is 4. The first-order valence-electron chi connectivity index (χ1n) is 6.95. The van der Waals surface area contributed by atoms with E-state index in [-0.39, 0.29) is 17.1 Å². The summed E-state index contributed by atoms with van der Waals surface area (Å²) >= 11 is 0. The normalized spacial score (nSPS) is 18.9. The van der Waals surface area contributed by atoms with E-state index in [1.54, 1.807) is 10.7 Å². The lowest BCUT2D eigenvalue weighted by molar-refractivity contribution is 0.385. The smallest absolute Gasteiger partial charge is 0.274 e. The zero-order valence-electron chi connectivity index (χ0n) is 12.0. The van der Waals surface area contributed by atoms with Crippen LogP contribution in [0.1, 0.15) is 37.8 Å². The SMILES string of the molecule is CC(C)c1nc2n(n1)CC(NS(=O)(=O)c1ccco1)CC2. The van der Waals surface area contributed by atoms with Gasteiger partial charge in [0.2, 0.25) is 5.09 Å². The van der Waals surface area contributed by atoms with Crippen molar-refractivity contribution in [1.29, 1.82) is 0 Å². The van der Waals surface area contributed by atoms with Crippen LogP contribution in [0.4, 0.5) is 0 Å². The van der Waals surface area contributed by atoms with Crippen LogP contribution in [0.2, 0.25) is 0 Å². The van der Waals surface area contributed by atoms with Gasteiger partial charge in [-0.25, -0.2) is 22.8 Å². The fraction of sp³-hybridized carbons (Fsp3) is 0.538. The molecular formula is C13H18N4O3S. The van der Waals surface area contributed by atoms with Gasteiger partial charge in [-0.1, -0.05) is 13.8 Å². The fourth-order valence-electron chi connectivity index (χ4n) is 2.36. The third-order valence-corrected chi connectivity index (χ3v) is 4.88. The average molecular weight is 310 g/mol. The molecule has 7 nitrogen and oxygen atoms in total. The molecule has 1 atom stereocenters. The molecule has 0 bridgehead atoms. The first kappa shape index (κ1) is 14.3. The number of hydrogen-bond donors (Lipinski definition) is 1. The minimum atomic E-state index is -3.61. The minimum Gasteiger partial charge on any atom is -0.452 e. The van der Waals surface area contributed by atoms with Crippen molar-refractivity contribution in [3.05, 3.63) is 30.0 Å². The number of furan rings is 1. The molecule has 0 radical (unpaired) electrons. The summed E-state index contributed by atoms with van der Waals surface area (Å²) in [6.07, 6.45) is 2.76. The maximum atomic E-state index is 12.1. The number of fused-ring (bicyclic) bond motifs is 1. The second-order valence-corrected chi connectivity index (χ2v) is 7.16. The Hall–Kier alpha value is -1.67. The molecule has 0 spiro atoms. The highest BCUT2D eigenvalue weighted by atomic mass is 32.2. The lowest BCUT2D eigenvalue weighted by atomic mass is 10.1. The first-order valence-corrected chi connectivity index (χ1v) is 8.43. The summed E-state index contributed by atoms with van der Waals surface area (Å²) in [6.45, 7) is 4.58. The molecule has 2 aromatic heterocycles. The van der Waals surface area contributed by atoms with Crippen LogP contribution in [0, 0.1) is 0 Å². The Labute approximate surface area is 123 Å². The zero-order valence-corrected chi connectivity index (χ0v) is 12.8. The van der Waals surface area contributed by atoms with E-state index in [1.165, 1.54) is 12.3 Å². The van der Waals surface area contributed by atoms with Crippen molar-refractivity contribution in [3.8, 4) is 0 Å². The molecule has 0 aromatic carbocycles. The number of sulfonamides is 1. The molecule has 0 saturated heterocycles. The van der Waals surface area contributed by atoms with Crippen LogP contribution in [-0.4, -0.2) is 29.2 Å². The number of aromatic nitrogens is 3. The van der Waals surface area contributed by atoms with E-state index >= 15 is 0 Å². The maximum Gasteiger partial charge on any atom is 0.274 e. The van der Waals surface area contributed by atoms with Gasteiger partial charge >= 0.3 is 0 Å². The lowest BCUT2D eigenvalue weighted by Crippen LogP contribution is -2.41. The Morgan fingerprint density at radius 1 is 1.48 bits per heavy atom. The summed E-state index contributed by atoms with van der Waals surface area (Å²) in [4.78, 5) is 4.49. The maximum absolute atomic E-state index is 12.1. The molecule has 3 heterocycles. The van der Waals surface area contributed by atoms with Crippen molar-refractivity contribution in [1.82, 2.24) is 19.5 Å². The molecule has 0 amide bonds. The summed E-state index contributed by atoms with van der Waals surface area (Å²) < 4.78 is 33.7. The largest absolute Gasteiger partial charge is 0.452 e. The van der Waals surface area contributed by atoms with Crippen molar-refractivity contribution < 1.29 is 12.8 Å². The second kappa shape index (κ2) is 5.27. The highest BCUT2D eigenvalue weighted by molar-refractivity contribution is 7.89. The van der Waals surface area contributed by atoms with Gasteiger partial charge in [-0.15, -0.1) is 0 Å². The van der Waals surface area contributed by atoms with E-state index in [9.17, 15) is 8.42 Å². The molecule has 2 aromatic rings. The van der Waals surface area contributed by atoms with Gasteiger partial charge in [0.05, 0.1) is 12.8 Å². The van der Waals surface area contributed by atoms with Crippen molar-refractivity contribution in [3.63, 3.8) is 0 Å². The van der Waals surface area contributed by atoms with E-state index in [0.717, 1.165) is 11.6 Å². The monoisotopic (exact) mass is 310 g/mol. The molecule has 21 heavy (non-hydrogen) atoms. The summed E-state index contributed by atoms with van der Waals surface area (Å²) in [6, 6.07) is 2.79. The topological polar surface area (TPSA) is 90.0 Å². The highest BCUT2D eigenvalue weighted by Gasteiger charge is 2.27. The van der Waals surface area contributed by atoms with Crippen molar-refractivity contribution in [2.45, 2.75) is 50.3 Å². The van der Waals surface area contributed by atoms with Crippen LogP contribution in [0.25, 0.3) is 0 Å². The van der Waals surface area contributed by atoms with Crippen LogP contribution in [0.3, 0.4) is 0 Å². The standard InChI is InChI=1S/C13H18N4O3S/c1-9(2)13-14-11-6-5-10(8-17(11)15-13)16-21(18,19)12-4-3-7-20-12/h3-4,7,9-10,16H,5-6,8H2,1-2H3. The quantitative estimate of drug-likeness (QED) is 0.919. The molecule has 8 heteroatoms. The molecule has 0 fully saturated rings. The molecule has 114 valence electrons. The molecule has 1 aliphatic rings. The summed E-state index contributed by atoms with van der Waals surface area (Å²) in [7, 11) is -3.61. The van der Waals surface area contributed by atoms with Crippen molar-refractivity contribution in [2.24, 2.45) is 0 Å². The van der Waals surface area contributed by atoms with Crippen LogP contribution in [-0.2, 0) is 23.0 Å². The third kappa shape index (κ3) is 2.86. The Morgan fingerprint density at radius 3 is 2.95 bits per heavy atom. The number of nitrogens with zero attached hydrogens (tertiary/aromatic N) is 3. The number of nitrogens with one attached hydrogen (secondary N) is 1. The predicted octanol–water partition coefficient (Wildman–Crippen LogP) is 1.29. The van der Waals surface area contributed by atoms with E-state index in [0.29, 0.717) is 19.4 Å². The van der Waals surface area contributed by atoms with E-state index < -0.39 is 10.0 Å². The molecule has 3 rings (SSSR count). The second-order valence-electron chi connectivity index (χ2n) is 5.51. The van der Waals surface area contributed by atoms with Crippen molar-refractivity contribution in [2.75, 3.05) is 0 Å². The van der Waals surface area contributed by atoms with E-state index in [1.807, 2.05) is 13.8 Å². The van der Waals surface area contributed by atoms with Crippen LogP contribution in [0.5, 0.6) is 0 Å². The Kier molecular flexibility index (Phi) is 3.58. The van der Waals surface area contributed by atoms with E-state index in [2.05, 4.69) is 14.8 Å². The molecular weight excluding hydrogens is 292 g/mol. The minimum absolute atomic E-state index is 0.0604. The lowest BCUT2D eigenvalue weighted by Gasteiger charge is -2.22. The summed E-state index contributed by atoms with van der Waals surface area (Å²) in [5, 5.41) is 4.38. The number of aryl methyl sites for hydroxylation is 1. The van der Waals surface area contributed by atoms with Crippen LogP contribution in [0.15, 0.2) is 27.9 Å². The van der Waals surface area contributed by atoms with Crippen molar-refractivity contribution >= 4 is 10.0 Å². The van der Waals surface area contributed by atoms with Gasteiger partial charge in [-0.05, 0) is 18.6 Å². The summed E-state index contributed by atoms with van der Waals surface area (Å²) in [5.74, 6) is 1.99. The average Bonchev–Trinajstić information content (AvgIpc) is 3.07. The molecule has 0 saturated carbocycles. The zero-order chi connectivity index (χ0) is 15.0. The first-order chi connectivity index (χ1) is 9.95. The number of hydrogen-bond acceptors (Lipinski definition) is 5. The van der Waals surface area contributed by atoms with Gasteiger partial charge in [0, 0.05) is 18.4 Å².